The maximum atomic E-state index is 12.1. The number of aromatic nitrogens is 2. The van der Waals surface area contributed by atoms with Crippen molar-refractivity contribution in [3.05, 3.63) is 59.4 Å². The molecule has 1 fully saturated rings. The number of imidazole rings is 1. The molecule has 2 aromatic carbocycles. The van der Waals surface area contributed by atoms with Crippen molar-refractivity contribution in [3.63, 3.8) is 0 Å². The average molecular weight is 476 g/mol. The zero-order valence-corrected chi connectivity index (χ0v) is 19.9. The molecule has 1 unspecified atom stereocenters. The van der Waals surface area contributed by atoms with E-state index in [-0.39, 0.29) is 12.1 Å². The molecule has 3 aliphatic heterocycles. The topological polar surface area (TPSA) is 75.0 Å². The van der Waals surface area contributed by atoms with Crippen LogP contribution in [0.3, 0.4) is 0 Å². The number of rotatable bonds is 6. The third kappa shape index (κ3) is 4.28. The Morgan fingerprint density at radius 2 is 2.06 bits per heavy atom. The van der Waals surface area contributed by atoms with Gasteiger partial charge in [0.2, 0.25) is 0 Å². The van der Waals surface area contributed by atoms with E-state index in [1.165, 1.54) is 12.7 Å². The van der Waals surface area contributed by atoms with Gasteiger partial charge in [0, 0.05) is 25.3 Å². The molecule has 8 heteroatoms. The van der Waals surface area contributed by atoms with Crippen LogP contribution in [0, 0.1) is 0 Å². The summed E-state index contributed by atoms with van der Waals surface area (Å²) in [5.41, 5.74) is 4.78. The highest BCUT2D eigenvalue weighted by Gasteiger charge is 2.25. The molecule has 0 radical (unpaired) electrons. The van der Waals surface area contributed by atoms with E-state index in [1.807, 2.05) is 24.3 Å². The minimum atomic E-state index is -0.340. The van der Waals surface area contributed by atoms with Crippen LogP contribution >= 0.6 is 0 Å². The molecule has 0 aliphatic carbocycles. The lowest BCUT2D eigenvalue weighted by molar-refractivity contribution is -0.0591. The summed E-state index contributed by atoms with van der Waals surface area (Å²) < 4.78 is 24.5. The number of ether oxygens (including phenoxy) is 4. The molecule has 1 aromatic heterocycles. The highest BCUT2D eigenvalue weighted by atomic mass is 16.6. The first kappa shape index (κ1) is 22.1. The SMILES string of the molecule is COC(=O)c1ccc2nc(CN3CC=C(c4cccc5c4OCCO5)CC3)n(CC3CCO3)c2c1. The second-order valence-electron chi connectivity index (χ2n) is 9.16. The highest BCUT2D eigenvalue weighted by Crippen LogP contribution is 2.39. The lowest BCUT2D eigenvalue weighted by Gasteiger charge is -2.30. The second kappa shape index (κ2) is 9.36. The molecule has 0 amide bonds. The van der Waals surface area contributed by atoms with Crippen LogP contribution in [0.4, 0.5) is 0 Å². The van der Waals surface area contributed by atoms with Crippen molar-refractivity contribution < 1.29 is 23.7 Å². The van der Waals surface area contributed by atoms with Gasteiger partial charge in [-0.15, -0.1) is 0 Å². The number of para-hydroxylation sites is 1. The number of hydrogen-bond acceptors (Lipinski definition) is 7. The monoisotopic (exact) mass is 475 g/mol. The fourth-order valence-corrected chi connectivity index (χ4v) is 5.00. The van der Waals surface area contributed by atoms with Gasteiger partial charge in [-0.05, 0) is 42.7 Å². The predicted octanol–water partition coefficient (Wildman–Crippen LogP) is 3.67. The molecule has 3 aromatic rings. The molecular formula is C27H29N3O5. The van der Waals surface area contributed by atoms with Crippen LogP contribution in [0.1, 0.15) is 34.6 Å². The molecule has 8 nitrogen and oxygen atoms in total. The normalized spacial score (nSPS) is 19.8. The van der Waals surface area contributed by atoms with E-state index in [0.717, 1.165) is 79.5 Å². The smallest absolute Gasteiger partial charge is 0.337 e. The summed E-state index contributed by atoms with van der Waals surface area (Å²) in [6.07, 6.45) is 4.44. The molecule has 0 N–H and O–H groups in total. The first-order valence-corrected chi connectivity index (χ1v) is 12.2. The van der Waals surface area contributed by atoms with Crippen molar-refractivity contribution in [1.29, 1.82) is 0 Å². The molecule has 4 heterocycles. The minimum absolute atomic E-state index is 0.187. The van der Waals surface area contributed by atoms with E-state index in [9.17, 15) is 4.79 Å². The number of carbonyl (C=O) groups is 1. The minimum Gasteiger partial charge on any atom is -0.486 e. The Morgan fingerprint density at radius 3 is 2.83 bits per heavy atom. The van der Waals surface area contributed by atoms with E-state index >= 15 is 0 Å². The maximum absolute atomic E-state index is 12.1. The number of esters is 1. The molecule has 0 bridgehead atoms. The van der Waals surface area contributed by atoms with Gasteiger partial charge in [-0.1, -0.05) is 18.2 Å². The van der Waals surface area contributed by atoms with Crippen LogP contribution in [0.5, 0.6) is 11.5 Å². The number of nitrogens with zero attached hydrogens (tertiary/aromatic N) is 3. The number of benzene rings is 2. The van der Waals surface area contributed by atoms with Crippen molar-refractivity contribution in [2.45, 2.75) is 32.0 Å². The Balaban J connectivity index is 1.25. The number of hydrogen-bond donors (Lipinski definition) is 0. The van der Waals surface area contributed by atoms with Gasteiger partial charge < -0.3 is 23.5 Å². The van der Waals surface area contributed by atoms with Crippen molar-refractivity contribution >= 4 is 22.6 Å². The molecule has 35 heavy (non-hydrogen) atoms. The van der Waals surface area contributed by atoms with Crippen LogP contribution in [-0.2, 0) is 22.6 Å². The van der Waals surface area contributed by atoms with Crippen molar-refractivity contribution in [2.24, 2.45) is 0 Å². The van der Waals surface area contributed by atoms with E-state index in [4.69, 9.17) is 23.9 Å². The Bertz CT molecular complexity index is 1290. The Kier molecular flexibility index (Phi) is 5.91. The fraction of sp³-hybridized carbons (Fsp3) is 0.407. The summed E-state index contributed by atoms with van der Waals surface area (Å²) in [6, 6.07) is 11.7. The van der Waals surface area contributed by atoms with Gasteiger partial charge in [-0.2, -0.15) is 0 Å². The molecule has 3 aliphatic rings. The van der Waals surface area contributed by atoms with Gasteiger partial charge in [0.15, 0.2) is 11.5 Å². The quantitative estimate of drug-likeness (QED) is 0.504. The zero-order chi connectivity index (χ0) is 23.8. The van der Waals surface area contributed by atoms with Crippen molar-refractivity contribution in [2.75, 3.05) is 40.0 Å². The Labute approximate surface area is 204 Å². The summed E-state index contributed by atoms with van der Waals surface area (Å²) in [4.78, 5) is 19.4. The maximum Gasteiger partial charge on any atom is 0.337 e. The first-order valence-electron chi connectivity index (χ1n) is 12.2. The molecule has 0 spiro atoms. The fourth-order valence-electron chi connectivity index (χ4n) is 5.00. The standard InChI is InChI=1S/C27H29N3O5/c1-32-27(31)19-5-6-22-23(15-19)30(16-20-9-12-33-20)25(28-22)17-29-10-7-18(8-11-29)21-3-2-4-24-26(21)35-14-13-34-24/h2-7,15,20H,8-14,16-17H2,1H3. The predicted molar refractivity (Wildman–Crippen MR) is 131 cm³/mol. The van der Waals surface area contributed by atoms with Gasteiger partial charge in [0.1, 0.15) is 19.0 Å². The van der Waals surface area contributed by atoms with Gasteiger partial charge in [0.05, 0.1) is 42.9 Å². The Morgan fingerprint density at radius 1 is 1.17 bits per heavy atom. The van der Waals surface area contributed by atoms with Crippen LogP contribution in [-0.4, -0.2) is 66.5 Å². The molecule has 0 saturated carbocycles. The van der Waals surface area contributed by atoms with E-state index in [2.05, 4.69) is 21.6 Å². The summed E-state index contributed by atoms with van der Waals surface area (Å²) >= 11 is 0. The van der Waals surface area contributed by atoms with E-state index < -0.39 is 0 Å². The molecular weight excluding hydrogens is 446 g/mol. The van der Waals surface area contributed by atoms with Gasteiger partial charge in [-0.3, -0.25) is 4.90 Å². The van der Waals surface area contributed by atoms with Gasteiger partial charge >= 0.3 is 5.97 Å². The first-order chi connectivity index (χ1) is 17.2. The highest BCUT2D eigenvalue weighted by molar-refractivity contribution is 5.93. The summed E-state index contributed by atoms with van der Waals surface area (Å²) in [6.45, 7) is 5.20. The van der Waals surface area contributed by atoms with Gasteiger partial charge in [0.25, 0.3) is 0 Å². The summed E-state index contributed by atoms with van der Waals surface area (Å²) in [7, 11) is 1.40. The number of methoxy groups -OCH3 is 1. The van der Waals surface area contributed by atoms with Gasteiger partial charge in [-0.25, -0.2) is 9.78 Å². The molecule has 1 atom stereocenters. The Hall–Kier alpha value is -3.36. The second-order valence-corrected chi connectivity index (χ2v) is 9.16. The summed E-state index contributed by atoms with van der Waals surface area (Å²) in [5, 5.41) is 0. The van der Waals surface area contributed by atoms with Crippen LogP contribution < -0.4 is 9.47 Å². The van der Waals surface area contributed by atoms with Crippen LogP contribution in [0.15, 0.2) is 42.5 Å². The van der Waals surface area contributed by atoms with Crippen molar-refractivity contribution in [1.82, 2.24) is 14.5 Å². The van der Waals surface area contributed by atoms with E-state index in [1.54, 1.807) is 6.07 Å². The lowest BCUT2D eigenvalue weighted by atomic mass is 9.98. The van der Waals surface area contributed by atoms with Crippen molar-refractivity contribution in [3.8, 4) is 11.5 Å². The average Bonchev–Trinajstić information content (AvgIpc) is 3.21. The molecule has 182 valence electrons. The van der Waals surface area contributed by atoms with Crippen LogP contribution in [0.25, 0.3) is 16.6 Å². The molecule has 1 saturated heterocycles. The van der Waals surface area contributed by atoms with Crippen LogP contribution in [0.2, 0.25) is 0 Å². The zero-order valence-electron chi connectivity index (χ0n) is 19.9. The summed E-state index contributed by atoms with van der Waals surface area (Å²) in [5.74, 6) is 2.34. The lowest BCUT2D eigenvalue weighted by Crippen LogP contribution is -2.33. The third-order valence-corrected chi connectivity index (χ3v) is 7.00. The number of fused-ring (bicyclic) bond motifs is 2. The van der Waals surface area contributed by atoms with E-state index in [0.29, 0.717) is 18.8 Å². The third-order valence-electron chi connectivity index (χ3n) is 7.00. The largest absolute Gasteiger partial charge is 0.486 e. The molecule has 6 rings (SSSR count). The number of carbonyl (C=O) groups excluding carboxylic acids is 1.